The predicted molar refractivity (Wildman–Crippen MR) is 81.7 cm³/mol. The van der Waals surface area contributed by atoms with Gasteiger partial charge < -0.3 is 5.11 Å². The van der Waals surface area contributed by atoms with E-state index in [2.05, 4.69) is 23.9 Å². The van der Waals surface area contributed by atoms with Crippen LogP contribution in [-0.4, -0.2) is 31.7 Å². The lowest BCUT2D eigenvalue weighted by Gasteiger charge is -2.12. The van der Waals surface area contributed by atoms with Gasteiger partial charge in [-0.05, 0) is 18.1 Å². The van der Waals surface area contributed by atoms with Crippen molar-refractivity contribution < 1.29 is 9.50 Å². The zero-order valence-electron chi connectivity index (χ0n) is 12.2. The molecule has 2 rings (SSSR count). The smallest absolute Gasteiger partial charge is 0.138 e. The SMILES string of the molecule is CC(C)Cn1ncnc1CC(O)CSc1ccccc1F. The minimum Gasteiger partial charge on any atom is -0.392 e. The van der Waals surface area contributed by atoms with E-state index in [0.29, 0.717) is 23.0 Å². The maximum absolute atomic E-state index is 13.5. The fourth-order valence-corrected chi connectivity index (χ4v) is 2.83. The molecule has 2 aromatic rings. The molecule has 0 aliphatic rings. The summed E-state index contributed by atoms with van der Waals surface area (Å²) in [5, 5.41) is 14.3. The number of hydrogen-bond acceptors (Lipinski definition) is 4. The molecule has 0 radical (unpaired) electrons. The summed E-state index contributed by atoms with van der Waals surface area (Å²) in [5.74, 6) is 1.41. The van der Waals surface area contributed by atoms with Crippen molar-refractivity contribution in [2.75, 3.05) is 5.75 Å². The van der Waals surface area contributed by atoms with Crippen LogP contribution in [-0.2, 0) is 13.0 Å². The highest BCUT2D eigenvalue weighted by Crippen LogP contribution is 2.22. The maximum atomic E-state index is 13.5. The van der Waals surface area contributed by atoms with Gasteiger partial charge in [0.25, 0.3) is 0 Å². The minimum absolute atomic E-state index is 0.252. The van der Waals surface area contributed by atoms with Crippen molar-refractivity contribution in [1.82, 2.24) is 14.8 Å². The lowest BCUT2D eigenvalue weighted by molar-refractivity contribution is 0.195. The van der Waals surface area contributed by atoms with Crippen LogP contribution >= 0.6 is 11.8 Å². The molecule has 0 saturated heterocycles. The van der Waals surface area contributed by atoms with Gasteiger partial charge in [-0.25, -0.2) is 14.1 Å². The van der Waals surface area contributed by atoms with E-state index in [0.717, 1.165) is 12.4 Å². The number of halogens is 1. The lowest BCUT2D eigenvalue weighted by Crippen LogP contribution is -2.19. The molecule has 0 fully saturated rings. The number of nitrogens with zero attached hydrogens (tertiary/aromatic N) is 3. The van der Waals surface area contributed by atoms with E-state index in [9.17, 15) is 9.50 Å². The van der Waals surface area contributed by atoms with Gasteiger partial charge in [0.15, 0.2) is 0 Å². The molecule has 1 heterocycles. The second-order valence-corrected chi connectivity index (χ2v) is 6.41. The van der Waals surface area contributed by atoms with Crippen molar-refractivity contribution in [2.45, 2.75) is 37.8 Å². The summed E-state index contributed by atoms with van der Waals surface area (Å²) in [6, 6.07) is 6.59. The molecule has 21 heavy (non-hydrogen) atoms. The summed E-state index contributed by atoms with van der Waals surface area (Å²) in [5.41, 5.74) is 0. The number of aliphatic hydroxyl groups excluding tert-OH is 1. The van der Waals surface area contributed by atoms with Crippen LogP contribution in [0.4, 0.5) is 4.39 Å². The summed E-state index contributed by atoms with van der Waals surface area (Å²) in [7, 11) is 0. The molecule has 1 N–H and O–H groups in total. The van der Waals surface area contributed by atoms with Crippen molar-refractivity contribution in [3.05, 3.63) is 42.2 Å². The minimum atomic E-state index is -0.579. The Morgan fingerprint density at radius 3 is 2.81 bits per heavy atom. The molecule has 0 aliphatic carbocycles. The van der Waals surface area contributed by atoms with Crippen LogP contribution in [0.1, 0.15) is 19.7 Å². The zero-order valence-corrected chi connectivity index (χ0v) is 13.1. The Balaban J connectivity index is 1.89. The number of aliphatic hydroxyl groups is 1. The third-order valence-electron chi connectivity index (χ3n) is 2.92. The normalized spacial score (nSPS) is 12.8. The summed E-state index contributed by atoms with van der Waals surface area (Å²) < 4.78 is 15.3. The molecule has 4 nitrogen and oxygen atoms in total. The van der Waals surface area contributed by atoms with Crippen molar-refractivity contribution in [2.24, 2.45) is 5.92 Å². The standard InChI is InChI=1S/C15H20FN3OS/c1-11(2)8-19-15(17-10-18-19)7-12(20)9-21-14-6-4-3-5-13(14)16/h3-6,10-12,20H,7-9H2,1-2H3. The fourth-order valence-electron chi connectivity index (χ4n) is 1.96. The number of hydrogen-bond donors (Lipinski definition) is 1. The van der Waals surface area contributed by atoms with E-state index in [1.165, 1.54) is 24.2 Å². The van der Waals surface area contributed by atoms with E-state index >= 15 is 0 Å². The first kappa shape index (κ1) is 16.0. The van der Waals surface area contributed by atoms with Crippen molar-refractivity contribution >= 4 is 11.8 Å². The van der Waals surface area contributed by atoms with E-state index in [1.807, 2.05) is 4.68 Å². The second-order valence-electron chi connectivity index (χ2n) is 5.35. The largest absolute Gasteiger partial charge is 0.392 e. The van der Waals surface area contributed by atoms with Crippen molar-refractivity contribution in [3.63, 3.8) is 0 Å². The molecule has 0 aliphatic heterocycles. The summed E-state index contributed by atoms with van der Waals surface area (Å²) in [4.78, 5) is 4.75. The molecule has 0 spiro atoms. The van der Waals surface area contributed by atoms with Crippen LogP contribution in [0, 0.1) is 11.7 Å². The van der Waals surface area contributed by atoms with Crippen LogP contribution in [0.15, 0.2) is 35.5 Å². The van der Waals surface area contributed by atoms with Gasteiger partial charge in [-0.2, -0.15) is 5.10 Å². The quantitative estimate of drug-likeness (QED) is 0.799. The van der Waals surface area contributed by atoms with Gasteiger partial charge in [-0.3, -0.25) is 0 Å². The molecule has 114 valence electrons. The van der Waals surface area contributed by atoms with Gasteiger partial charge in [-0.1, -0.05) is 26.0 Å². The van der Waals surface area contributed by atoms with Crippen LogP contribution in [0.2, 0.25) is 0 Å². The van der Waals surface area contributed by atoms with Gasteiger partial charge in [0.2, 0.25) is 0 Å². The highest BCUT2D eigenvalue weighted by Gasteiger charge is 2.13. The Hall–Kier alpha value is -1.40. The van der Waals surface area contributed by atoms with Gasteiger partial charge in [0.1, 0.15) is 18.0 Å². The first-order valence-corrected chi connectivity index (χ1v) is 7.97. The average molecular weight is 309 g/mol. The molecule has 1 atom stereocenters. The summed E-state index contributed by atoms with van der Waals surface area (Å²) in [6.45, 7) is 4.99. The van der Waals surface area contributed by atoms with E-state index in [1.54, 1.807) is 18.2 Å². The molecular weight excluding hydrogens is 289 g/mol. The molecule has 0 bridgehead atoms. The number of benzene rings is 1. The first-order chi connectivity index (χ1) is 10.1. The van der Waals surface area contributed by atoms with Crippen LogP contribution in [0.5, 0.6) is 0 Å². The van der Waals surface area contributed by atoms with Crippen LogP contribution in [0.25, 0.3) is 0 Å². The number of aromatic nitrogens is 3. The molecule has 0 saturated carbocycles. The Morgan fingerprint density at radius 1 is 1.33 bits per heavy atom. The van der Waals surface area contributed by atoms with Crippen molar-refractivity contribution in [1.29, 1.82) is 0 Å². The molecular formula is C15H20FN3OS. The fraction of sp³-hybridized carbons (Fsp3) is 0.467. The third kappa shape index (κ3) is 4.82. The molecule has 1 unspecified atom stereocenters. The Morgan fingerprint density at radius 2 is 2.10 bits per heavy atom. The molecule has 1 aromatic carbocycles. The zero-order chi connectivity index (χ0) is 15.2. The third-order valence-corrected chi connectivity index (χ3v) is 4.11. The number of rotatable bonds is 7. The van der Waals surface area contributed by atoms with Gasteiger partial charge >= 0.3 is 0 Å². The number of thioether (sulfide) groups is 1. The molecule has 6 heteroatoms. The van der Waals surface area contributed by atoms with Crippen molar-refractivity contribution in [3.8, 4) is 0 Å². The second kappa shape index (κ2) is 7.56. The Bertz CT molecular complexity index is 574. The van der Waals surface area contributed by atoms with Gasteiger partial charge in [0.05, 0.1) is 6.10 Å². The first-order valence-electron chi connectivity index (χ1n) is 6.98. The van der Waals surface area contributed by atoms with Crippen LogP contribution in [0.3, 0.4) is 0 Å². The summed E-state index contributed by atoms with van der Waals surface area (Å²) in [6.07, 6.45) is 1.35. The monoisotopic (exact) mass is 309 g/mol. The van der Waals surface area contributed by atoms with Gasteiger partial charge in [0, 0.05) is 23.6 Å². The van der Waals surface area contributed by atoms with Crippen LogP contribution < -0.4 is 0 Å². The summed E-state index contributed by atoms with van der Waals surface area (Å²) >= 11 is 1.31. The topological polar surface area (TPSA) is 50.9 Å². The van der Waals surface area contributed by atoms with E-state index in [4.69, 9.17) is 0 Å². The van der Waals surface area contributed by atoms with E-state index in [-0.39, 0.29) is 5.82 Å². The Labute approximate surface area is 128 Å². The predicted octanol–water partition coefficient (Wildman–Crippen LogP) is 2.77. The van der Waals surface area contributed by atoms with Gasteiger partial charge in [-0.15, -0.1) is 11.8 Å². The van der Waals surface area contributed by atoms with E-state index < -0.39 is 6.10 Å². The molecule has 0 amide bonds. The average Bonchev–Trinajstić information content (AvgIpc) is 2.84. The molecule has 1 aromatic heterocycles. The lowest BCUT2D eigenvalue weighted by atomic mass is 10.2. The highest BCUT2D eigenvalue weighted by atomic mass is 32.2. The highest BCUT2D eigenvalue weighted by molar-refractivity contribution is 7.99. The maximum Gasteiger partial charge on any atom is 0.138 e. The Kier molecular flexibility index (Phi) is 5.76.